The Hall–Kier alpha value is -2.62. The predicted octanol–water partition coefficient (Wildman–Crippen LogP) is 7.59. The Morgan fingerprint density at radius 1 is 0.838 bits per heavy atom. The molecule has 0 saturated carbocycles. The number of para-hydroxylation sites is 1. The van der Waals surface area contributed by atoms with Gasteiger partial charge in [0.05, 0.1) is 16.0 Å². The summed E-state index contributed by atoms with van der Waals surface area (Å²) >= 11 is 9.26. The Balaban J connectivity index is 0.00000137. The van der Waals surface area contributed by atoms with E-state index in [9.17, 15) is 5.11 Å². The van der Waals surface area contributed by atoms with Crippen LogP contribution in [-0.4, -0.2) is 37.8 Å². The van der Waals surface area contributed by atoms with Crippen molar-refractivity contribution in [3.8, 4) is 0 Å². The smallest absolute Gasteiger partial charge is 0.151 e. The number of nitrogens with zero attached hydrogens (tertiary/aromatic N) is 4. The number of piperidine rings is 1. The zero-order valence-electron chi connectivity index (χ0n) is 20.6. The highest BCUT2D eigenvalue weighted by Crippen LogP contribution is 2.41. The minimum Gasteiger partial charge on any atom is -0.385 e. The molecule has 37 heavy (non-hydrogen) atoms. The lowest BCUT2D eigenvalue weighted by Crippen LogP contribution is -2.39. The van der Waals surface area contributed by atoms with Gasteiger partial charge in [-0.3, -0.25) is 4.98 Å². The molecule has 1 N–H and O–H groups in total. The highest BCUT2D eigenvalue weighted by Gasteiger charge is 2.34. The molecule has 1 saturated heterocycles. The van der Waals surface area contributed by atoms with Crippen LogP contribution < -0.4 is 0 Å². The number of fused-ring (bicyclic) bond motifs is 2. The lowest BCUT2D eigenvalue weighted by Gasteiger charge is -2.37. The number of rotatable bonds is 5. The predicted molar refractivity (Wildman–Crippen MR) is 151 cm³/mol. The van der Waals surface area contributed by atoms with Gasteiger partial charge in [0.25, 0.3) is 0 Å². The van der Waals surface area contributed by atoms with Crippen LogP contribution in [-0.2, 0) is 5.60 Å². The molecule has 9 heteroatoms. The summed E-state index contributed by atoms with van der Waals surface area (Å²) in [5.74, 6) is 0. The van der Waals surface area contributed by atoms with Crippen molar-refractivity contribution in [1.82, 2.24) is 19.6 Å². The molecule has 1 aliphatic heterocycles. The van der Waals surface area contributed by atoms with E-state index in [2.05, 4.69) is 49.9 Å². The molecule has 0 atom stereocenters. The largest absolute Gasteiger partial charge is 0.385 e. The number of hydrogen-bond donors (Lipinski definition) is 1. The first-order chi connectivity index (χ1) is 18.1. The fourth-order valence-corrected chi connectivity index (χ4v) is 6.53. The van der Waals surface area contributed by atoms with Crippen molar-refractivity contribution < 1.29 is 9.74 Å². The molecule has 1 fully saturated rings. The molecule has 1 aliphatic rings. The SMILES string of the molecule is CC.OC1(c2ccc(Cl)cc2)CCN(Sc2ccc(Sc3cccc4cccnc34)c3nonc23)CC1. The number of halogens is 1. The van der Waals surface area contributed by atoms with Gasteiger partial charge in [0.1, 0.15) is 5.52 Å². The third-order valence-electron chi connectivity index (χ3n) is 6.32. The minimum absolute atomic E-state index is 0.643. The van der Waals surface area contributed by atoms with Crippen molar-refractivity contribution in [1.29, 1.82) is 0 Å². The summed E-state index contributed by atoms with van der Waals surface area (Å²) in [5, 5.41) is 21.4. The van der Waals surface area contributed by atoms with Crippen molar-refractivity contribution >= 4 is 57.2 Å². The van der Waals surface area contributed by atoms with Crippen molar-refractivity contribution in [2.24, 2.45) is 0 Å². The van der Waals surface area contributed by atoms with Crippen LogP contribution in [0.1, 0.15) is 32.3 Å². The van der Waals surface area contributed by atoms with Gasteiger partial charge in [0.15, 0.2) is 5.52 Å². The van der Waals surface area contributed by atoms with E-state index in [1.807, 2.05) is 56.4 Å². The summed E-state index contributed by atoms with van der Waals surface area (Å²) in [4.78, 5) is 7.58. The molecule has 3 aromatic carbocycles. The number of aromatic nitrogens is 3. The van der Waals surface area contributed by atoms with Gasteiger partial charge in [-0.15, -0.1) is 0 Å². The maximum atomic E-state index is 11.2. The average molecular weight is 551 g/mol. The van der Waals surface area contributed by atoms with Crippen molar-refractivity contribution in [3.63, 3.8) is 0 Å². The Labute approximate surface area is 229 Å². The second-order valence-corrected chi connectivity index (χ2v) is 11.2. The molecule has 0 radical (unpaired) electrons. The first-order valence-corrected chi connectivity index (χ1v) is 14.2. The van der Waals surface area contributed by atoms with E-state index >= 15 is 0 Å². The van der Waals surface area contributed by atoms with Gasteiger partial charge in [0.2, 0.25) is 0 Å². The highest BCUT2D eigenvalue weighted by molar-refractivity contribution is 7.99. The van der Waals surface area contributed by atoms with Gasteiger partial charge in [-0.1, -0.05) is 67.5 Å². The topological polar surface area (TPSA) is 75.3 Å². The molecule has 0 amide bonds. The third kappa shape index (κ3) is 5.49. The molecule has 0 unspecified atom stereocenters. The number of hydrogen-bond acceptors (Lipinski definition) is 8. The number of aliphatic hydroxyl groups is 1. The van der Waals surface area contributed by atoms with Crippen molar-refractivity contribution in [2.45, 2.75) is 47.0 Å². The fraction of sp³-hybridized carbons (Fsp3) is 0.250. The fourth-order valence-electron chi connectivity index (χ4n) is 4.39. The summed E-state index contributed by atoms with van der Waals surface area (Å²) in [6, 6.07) is 21.8. The molecule has 0 bridgehead atoms. The van der Waals surface area contributed by atoms with Crippen LogP contribution >= 0.6 is 35.3 Å². The molecule has 6 rings (SSSR count). The summed E-state index contributed by atoms with van der Waals surface area (Å²) in [5.41, 5.74) is 2.53. The maximum Gasteiger partial charge on any atom is 0.151 e. The summed E-state index contributed by atoms with van der Waals surface area (Å²) in [7, 11) is 0. The van der Waals surface area contributed by atoms with Crippen LogP contribution in [0.25, 0.3) is 21.9 Å². The van der Waals surface area contributed by atoms with Gasteiger partial charge in [-0.05, 0) is 77.1 Å². The van der Waals surface area contributed by atoms with Crippen LogP contribution in [0.4, 0.5) is 0 Å². The molecular weight excluding hydrogens is 524 g/mol. The Morgan fingerprint density at radius 3 is 2.24 bits per heavy atom. The summed E-state index contributed by atoms with van der Waals surface area (Å²) in [6.07, 6.45) is 3.10. The first kappa shape index (κ1) is 26.0. The maximum absolute atomic E-state index is 11.2. The molecule has 6 nitrogen and oxygen atoms in total. The van der Waals surface area contributed by atoms with Crippen molar-refractivity contribution in [3.05, 3.63) is 83.5 Å². The second-order valence-electron chi connectivity index (χ2n) is 8.52. The minimum atomic E-state index is -0.834. The monoisotopic (exact) mass is 550 g/mol. The van der Waals surface area contributed by atoms with Gasteiger partial charge in [0, 0.05) is 39.5 Å². The molecule has 0 spiro atoms. The van der Waals surface area contributed by atoms with Crippen molar-refractivity contribution in [2.75, 3.05) is 13.1 Å². The molecule has 0 aliphatic carbocycles. The Bertz CT molecular complexity index is 1500. The van der Waals surface area contributed by atoms with E-state index in [0.29, 0.717) is 17.9 Å². The third-order valence-corrected chi connectivity index (χ3v) is 8.82. The molecule has 3 heterocycles. The van der Waals surface area contributed by atoms with E-state index in [0.717, 1.165) is 55.3 Å². The first-order valence-electron chi connectivity index (χ1n) is 12.3. The van der Waals surface area contributed by atoms with Gasteiger partial charge in [-0.25, -0.2) is 8.93 Å². The van der Waals surface area contributed by atoms with Gasteiger partial charge < -0.3 is 5.11 Å². The standard InChI is InChI=1S/C26H21ClN4O2S2.C2H6/c27-19-8-6-18(7-9-19)26(32)12-15-31(16-13-26)35-22-11-10-21(24-25(22)30-33-29-24)34-20-5-1-3-17-4-2-14-28-23(17)20;1-2/h1-11,14,32H,12-13,15-16H2;1-2H3. The quantitative estimate of drug-likeness (QED) is 0.224. The second kappa shape index (κ2) is 11.4. The zero-order valence-corrected chi connectivity index (χ0v) is 23.0. The van der Waals surface area contributed by atoms with Crippen LogP contribution in [0.3, 0.4) is 0 Å². The van der Waals surface area contributed by atoms with Crippen LogP contribution in [0, 0.1) is 0 Å². The van der Waals surface area contributed by atoms with E-state index < -0.39 is 5.60 Å². The van der Waals surface area contributed by atoms with Gasteiger partial charge in [-0.2, -0.15) is 0 Å². The summed E-state index contributed by atoms with van der Waals surface area (Å²) < 4.78 is 7.41. The van der Waals surface area contributed by atoms with E-state index in [1.165, 1.54) is 0 Å². The summed E-state index contributed by atoms with van der Waals surface area (Å²) in [6.45, 7) is 5.49. The Morgan fingerprint density at radius 2 is 1.49 bits per heavy atom. The van der Waals surface area contributed by atoms with Gasteiger partial charge >= 0.3 is 0 Å². The normalized spacial score (nSPS) is 15.5. The van der Waals surface area contributed by atoms with E-state index in [-0.39, 0.29) is 0 Å². The average Bonchev–Trinajstić information content (AvgIpc) is 3.44. The van der Waals surface area contributed by atoms with E-state index in [1.54, 1.807) is 23.7 Å². The molecule has 190 valence electrons. The number of benzene rings is 3. The van der Waals surface area contributed by atoms with Crippen LogP contribution in [0.2, 0.25) is 5.02 Å². The zero-order chi connectivity index (χ0) is 25.8. The number of pyridine rings is 1. The van der Waals surface area contributed by atoms with Crippen LogP contribution in [0.5, 0.6) is 0 Å². The van der Waals surface area contributed by atoms with Crippen LogP contribution in [0.15, 0.2) is 92.2 Å². The lowest BCUT2D eigenvalue weighted by molar-refractivity contribution is -0.00802. The lowest BCUT2D eigenvalue weighted by atomic mass is 9.85. The Kier molecular flexibility index (Phi) is 8.02. The molecule has 2 aromatic heterocycles. The highest BCUT2D eigenvalue weighted by atomic mass is 35.5. The molecular formula is C28H27ClN4O2S2. The molecule has 5 aromatic rings. The van der Waals surface area contributed by atoms with E-state index in [4.69, 9.17) is 16.2 Å².